The first-order valence-electron chi connectivity index (χ1n) is 8.52. The van der Waals surface area contributed by atoms with Crippen LogP contribution in [0.1, 0.15) is 12.2 Å². The maximum absolute atomic E-state index is 12.8. The predicted octanol–water partition coefficient (Wildman–Crippen LogP) is 1.74. The summed E-state index contributed by atoms with van der Waals surface area (Å²) in [5.74, 6) is 0.285. The molecule has 0 bridgehead atoms. The molecule has 132 valence electrons. The minimum Gasteiger partial charge on any atom is -0.338 e. The van der Waals surface area contributed by atoms with Gasteiger partial charge >= 0.3 is 0 Å². The summed E-state index contributed by atoms with van der Waals surface area (Å²) < 4.78 is 1.86. The minimum absolute atomic E-state index is 0.0177. The average Bonchev–Trinajstić information content (AvgIpc) is 3.26. The summed E-state index contributed by atoms with van der Waals surface area (Å²) in [7, 11) is 1.74. The van der Waals surface area contributed by atoms with Gasteiger partial charge in [0.15, 0.2) is 11.5 Å². The summed E-state index contributed by atoms with van der Waals surface area (Å²) in [6.07, 6.45) is 2.11. The molecule has 0 unspecified atom stereocenters. The molecule has 1 fully saturated rings. The summed E-state index contributed by atoms with van der Waals surface area (Å²) in [6.45, 7) is 0.757. The second-order valence-electron chi connectivity index (χ2n) is 6.48. The Balaban J connectivity index is 1.47. The fraction of sp³-hybridized carbons (Fsp3) is 0.263. The molecular weight excluding hydrogens is 330 g/mol. The number of pyridine rings is 1. The lowest BCUT2D eigenvalue weighted by molar-refractivity contribution is -0.135. The second kappa shape index (κ2) is 6.59. The standard InChI is InChI=1S/C19H19N5O2/c1-22(13-17-21-20-16-9-5-6-10-23(16)17)19(26)14-11-18(25)24(12-14)15-7-3-2-4-8-15/h2-10,14H,11-13H2,1H3/t14-/m0/s1. The normalized spacial score (nSPS) is 17.0. The molecule has 2 aromatic heterocycles. The third-order valence-electron chi connectivity index (χ3n) is 4.68. The van der Waals surface area contributed by atoms with E-state index in [9.17, 15) is 9.59 Å². The zero-order chi connectivity index (χ0) is 18.1. The molecule has 1 aliphatic heterocycles. The number of rotatable bonds is 4. The van der Waals surface area contributed by atoms with Crippen LogP contribution in [0.4, 0.5) is 5.69 Å². The third-order valence-corrected chi connectivity index (χ3v) is 4.68. The maximum atomic E-state index is 12.8. The number of hydrogen-bond donors (Lipinski definition) is 0. The van der Waals surface area contributed by atoms with Crippen LogP contribution in [0.25, 0.3) is 5.65 Å². The number of hydrogen-bond acceptors (Lipinski definition) is 4. The number of fused-ring (bicyclic) bond motifs is 1. The highest BCUT2D eigenvalue weighted by Gasteiger charge is 2.36. The minimum atomic E-state index is -0.341. The molecule has 0 spiro atoms. The Hall–Kier alpha value is -3.22. The molecule has 0 saturated carbocycles. The summed E-state index contributed by atoms with van der Waals surface area (Å²) in [5, 5.41) is 8.27. The van der Waals surface area contributed by atoms with E-state index < -0.39 is 0 Å². The van der Waals surface area contributed by atoms with Crippen molar-refractivity contribution in [3.05, 3.63) is 60.6 Å². The van der Waals surface area contributed by atoms with Gasteiger partial charge in [-0.25, -0.2) is 0 Å². The molecule has 26 heavy (non-hydrogen) atoms. The smallest absolute Gasteiger partial charge is 0.228 e. The van der Waals surface area contributed by atoms with Gasteiger partial charge in [0.05, 0.1) is 12.5 Å². The van der Waals surface area contributed by atoms with Gasteiger partial charge in [0, 0.05) is 31.9 Å². The Bertz CT molecular complexity index is 953. The zero-order valence-electron chi connectivity index (χ0n) is 14.4. The second-order valence-corrected chi connectivity index (χ2v) is 6.48. The van der Waals surface area contributed by atoms with Crippen molar-refractivity contribution in [2.45, 2.75) is 13.0 Å². The van der Waals surface area contributed by atoms with Gasteiger partial charge in [-0.2, -0.15) is 0 Å². The average molecular weight is 349 g/mol. The number of carbonyl (C=O) groups excluding carboxylic acids is 2. The van der Waals surface area contributed by atoms with Gasteiger partial charge in [-0.1, -0.05) is 24.3 Å². The molecule has 7 nitrogen and oxygen atoms in total. The molecule has 7 heteroatoms. The third kappa shape index (κ3) is 2.92. The highest BCUT2D eigenvalue weighted by molar-refractivity contribution is 6.00. The van der Waals surface area contributed by atoms with Gasteiger partial charge in [-0.15, -0.1) is 10.2 Å². The lowest BCUT2D eigenvalue weighted by Gasteiger charge is -2.21. The van der Waals surface area contributed by atoms with Crippen molar-refractivity contribution in [2.75, 3.05) is 18.5 Å². The van der Waals surface area contributed by atoms with Gasteiger partial charge in [0.1, 0.15) is 0 Å². The van der Waals surface area contributed by atoms with Crippen LogP contribution in [0, 0.1) is 5.92 Å². The van der Waals surface area contributed by atoms with E-state index in [4.69, 9.17) is 0 Å². The van der Waals surface area contributed by atoms with E-state index >= 15 is 0 Å². The van der Waals surface area contributed by atoms with E-state index in [1.54, 1.807) is 16.8 Å². The monoisotopic (exact) mass is 349 g/mol. The van der Waals surface area contributed by atoms with E-state index in [1.165, 1.54) is 0 Å². The Morgan fingerprint density at radius 2 is 1.92 bits per heavy atom. The molecule has 3 heterocycles. The van der Waals surface area contributed by atoms with Crippen LogP contribution in [0.3, 0.4) is 0 Å². The van der Waals surface area contributed by atoms with Gasteiger partial charge in [-0.3, -0.25) is 14.0 Å². The molecule has 3 aromatic rings. The number of anilines is 1. The van der Waals surface area contributed by atoms with Crippen LogP contribution in [-0.2, 0) is 16.1 Å². The summed E-state index contributed by atoms with van der Waals surface area (Å²) >= 11 is 0. The topological polar surface area (TPSA) is 70.8 Å². The van der Waals surface area contributed by atoms with Crippen molar-refractivity contribution >= 4 is 23.1 Å². The molecule has 4 rings (SSSR count). The van der Waals surface area contributed by atoms with Gasteiger partial charge in [0.2, 0.25) is 11.8 Å². The molecule has 2 amide bonds. The van der Waals surface area contributed by atoms with Crippen LogP contribution < -0.4 is 4.90 Å². The predicted molar refractivity (Wildman–Crippen MR) is 96.4 cm³/mol. The quantitative estimate of drug-likeness (QED) is 0.719. The van der Waals surface area contributed by atoms with Crippen LogP contribution in [0.2, 0.25) is 0 Å². The fourth-order valence-electron chi connectivity index (χ4n) is 3.33. The van der Waals surface area contributed by atoms with Crippen molar-refractivity contribution in [1.82, 2.24) is 19.5 Å². The van der Waals surface area contributed by atoms with E-state index in [0.717, 1.165) is 11.3 Å². The van der Waals surface area contributed by atoms with Crippen LogP contribution >= 0.6 is 0 Å². The lowest BCUT2D eigenvalue weighted by Crippen LogP contribution is -2.34. The van der Waals surface area contributed by atoms with E-state index in [0.29, 0.717) is 18.9 Å². The van der Waals surface area contributed by atoms with Crippen molar-refractivity contribution in [1.29, 1.82) is 0 Å². The highest BCUT2D eigenvalue weighted by Crippen LogP contribution is 2.26. The first kappa shape index (κ1) is 16.3. The molecule has 1 saturated heterocycles. The number of nitrogens with zero attached hydrogens (tertiary/aromatic N) is 5. The van der Waals surface area contributed by atoms with Gasteiger partial charge in [-0.05, 0) is 24.3 Å². The molecule has 0 radical (unpaired) electrons. The number of carbonyl (C=O) groups is 2. The Morgan fingerprint density at radius 1 is 1.15 bits per heavy atom. The van der Waals surface area contributed by atoms with E-state index in [1.807, 2.05) is 59.1 Å². The summed E-state index contributed by atoms with van der Waals surface area (Å²) in [4.78, 5) is 28.5. The van der Waals surface area contributed by atoms with Gasteiger partial charge < -0.3 is 9.80 Å². The first-order valence-corrected chi connectivity index (χ1v) is 8.52. The van der Waals surface area contributed by atoms with Crippen molar-refractivity contribution in [3.63, 3.8) is 0 Å². The van der Waals surface area contributed by atoms with Crippen LogP contribution in [-0.4, -0.2) is 44.9 Å². The summed E-state index contributed by atoms with van der Waals surface area (Å²) in [5.41, 5.74) is 1.58. The van der Waals surface area contributed by atoms with E-state index in [-0.39, 0.29) is 24.2 Å². The Kier molecular flexibility index (Phi) is 4.12. The van der Waals surface area contributed by atoms with E-state index in [2.05, 4.69) is 10.2 Å². The lowest BCUT2D eigenvalue weighted by atomic mass is 10.1. The highest BCUT2D eigenvalue weighted by atomic mass is 16.2. The molecule has 0 aliphatic carbocycles. The number of amides is 2. The van der Waals surface area contributed by atoms with Gasteiger partial charge in [0.25, 0.3) is 0 Å². The molecule has 0 N–H and O–H groups in total. The molecule has 1 aromatic carbocycles. The van der Waals surface area contributed by atoms with Crippen molar-refractivity contribution < 1.29 is 9.59 Å². The van der Waals surface area contributed by atoms with Crippen LogP contribution in [0.15, 0.2) is 54.7 Å². The Labute approximate surface area is 150 Å². The number of aromatic nitrogens is 3. The fourth-order valence-corrected chi connectivity index (χ4v) is 3.33. The number of benzene rings is 1. The Morgan fingerprint density at radius 3 is 2.73 bits per heavy atom. The SMILES string of the molecule is CN(Cc1nnc2ccccn12)C(=O)[C@H]1CC(=O)N(c2ccccc2)C1. The largest absolute Gasteiger partial charge is 0.338 e. The van der Waals surface area contributed by atoms with Crippen molar-refractivity contribution in [2.24, 2.45) is 5.92 Å². The zero-order valence-corrected chi connectivity index (χ0v) is 14.4. The first-order chi connectivity index (χ1) is 12.6. The molecular formula is C19H19N5O2. The van der Waals surface area contributed by atoms with Crippen LogP contribution in [0.5, 0.6) is 0 Å². The molecule has 1 atom stereocenters. The summed E-state index contributed by atoms with van der Waals surface area (Å²) in [6, 6.07) is 15.1. The number of para-hydroxylation sites is 1. The van der Waals surface area contributed by atoms with Crippen molar-refractivity contribution in [3.8, 4) is 0 Å². The maximum Gasteiger partial charge on any atom is 0.228 e. The molecule has 1 aliphatic rings.